The monoisotopic (exact) mass is 345 g/mol. The maximum absolute atomic E-state index is 12.2. The summed E-state index contributed by atoms with van der Waals surface area (Å²) in [5.74, 6) is -0.187. The number of hydrogen-bond donors (Lipinski definition) is 3. The predicted octanol–water partition coefficient (Wildman–Crippen LogP) is 4.40. The van der Waals surface area contributed by atoms with Crippen molar-refractivity contribution in [3.8, 4) is 0 Å². The molecule has 0 aliphatic heterocycles. The van der Waals surface area contributed by atoms with Crippen molar-refractivity contribution in [3.63, 3.8) is 0 Å². The van der Waals surface area contributed by atoms with Crippen LogP contribution in [0.3, 0.4) is 0 Å². The van der Waals surface area contributed by atoms with Crippen LogP contribution in [0.25, 0.3) is 0 Å². The van der Waals surface area contributed by atoms with Gasteiger partial charge in [-0.25, -0.2) is 4.79 Å². The summed E-state index contributed by atoms with van der Waals surface area (Å²) >= 11 is 1.43. The number of benzene rings is 1. The molecule has 0 spiro atoms. The highest BCUT2D eigenvalue weighted by atomic mass is 32.1. The first-order chi connectivity index (χ1) is 11.5. The van der Waals surface area contributed by atoms with Crippen LogP contribution in [0.15, 0.2) is 30.3 Å². The molecule has 0 saturated heterocycles. The van der Waals surface area contributed by atoms with Gasteiger partial charge in [-0.05, 0) is 38.0 Å². The number of rotatable bonds is 6. The standard InChI is InChI=1S/C18H23N3O2S/c1-4-5-6-14-11-15(16(24-14)17(22)19-3)21-18(23)20-13-9-7-12(2)8-10-13/h7-11H,4-6H2,1-3H3,(H,19,22)(H2,20,21,23). The minimum Gasteiger partial charge on any atom is -0.354 e. The zero-order valence-electron chi connectivity index (χ0n) is 14.2. The number of carbonyl (C=O) groups is 2. The average molecular weight is 345 g/mol. The van der Waals surface area contributed by atoms with E-state index in [1.807, 2.05) is 37.3 Å². The molecule has 1 aromatic heterocycles. The van der Waals surface area contributed by atoms with E-state index < -0.39 is 0 Å². The second-order valence-corrected chi connectivity index (χ2v) is 6.72. The van der Waals surface area contributed by atoms with E-state index in [0.29, 0.717) is 16.3 Å². The van der Waals surface area contributed by atoms with E-state index in [4.69, 9.17) is 0 Å². The van der Waals surface area contributed by atoms with Crippen molar-refractivity contribution in [3.05, 3.63) is 45.6 Å². The zero-order valence-corrected chi connectivity index (χ0v) is 15.0. The van der Waals surface area contributed by atoms with Crippen LogP contribution in [-0.4, -0.2) is 19.0 Å². The van der Waals surface area contributed by atoms with Crippen LogP contribution in [-0.2, 0) is 6.42 Å². The fraction of sp³-hybridized carbons (Fsp3) is 0.333. The number of anilines is 2. The molecule has 6 heteroatoms. The fourth-order valence-corrected chi connectivity index (χ4v) is 3.31. The molecule has 3 amide bonds. The van der Waals surface area contributed by atoms with Gasteiger partial charge >= 0.3 is 6.03 Å². The van der Waals surface area contributed by atoms with Crippen LogP contribution in [0, 0.1) is 6.92 Å². The molecule has 0 radical (unpaired) electrons. The quantitative estimate of drug-likeness (QED) is 0.726. The van der Waals surface area contributed by atoms with Crippen molar-refractivity contribution in [1.29, 1.82) is 0 Å². The van der Waals surface area contributed by atoms with Crippen molar-refractivity contribution in [1.82, 2.24) is 5.32 Å². The van der Waals surface area contributed by atoms with E-state index in [9.17, 15) is 9.59 Å². The third-order valence-corrected chi connectivity index (χ3v) is 4.74. The first-order valence-corrected chi connectivity index (χ1v) is 8.84. The Morgan fingerprint density at radius 1 is 1.12 bits per heavy atom. The highest BCUT2D eigenvalue weighted by molar-refractivity contribution is 7.14. The molecule has 128 valence electrons. The minimum atomic E-state index is -0.358. The van der Waals surface area contributed by atoms with Gasteiger partial charge in [-0.3, -0.25) is 4.79 Å². The summed E-state index contributed by atoms with van der Waals surface area (Å²) < 4.78 is 0. The molecule has 2 rings (SSSR count). The van der Waals surface area contributed by atoms with Crippen molar-refractivity contribution in [2.45, 2.75) is 33.1 Å². The van der Waals surface area contributed by atoms with Gasteiger partial charge in [0, 0.05) is 17.6 Å². The summed E-state index contributed by atoms with van der Waals surface area (Å²) in [4.78, 5) is 25.9. The SMILES string of the molecule is CCCCc1cc(NC(=O)Nc2ccc(C)cc2)c(C(=O)NC)s1. The Balaban J connectivity index is 2.11. The molecule has 0 saturated carbocycles. The Morgan fingerprint density at radius 2 is 1.83 bits per heavy atom. The topological polar surface area (TPSA) is 70.2 Å². The van der Waals surface area contributed by atoms with Crippen molar-refractivity contribution in [2.24, 2.45) is 0 Å². The van der Waals surface area contributed by atoms with Gasteiger partial charge in [-0.15, -0.1) is 11.3 Å². The van der Waals surface area contributed by atoms with Gasteiger partial charge < -0.3 is 16.0 Å². The Morgan fingerprint density at radius 3 is 2.46 bits per heavy atom. The van der Waals surface area contributed by atoms with E-state index in [1.54, 1.807) is 7.05 Å². The Kier molecular flexibility index (Phi) is 6.37. The normalized spacial score (nSPS) is 10.3. The zero-order chi connectivity index (χ0) is 17.5. The molecule has 0 unspecified atom stereocenters. The summed E-state index contributed by atoms with van der Waals surface area (Å²) in [5.41, 5.74) is 2.39. The molecule has 0 bridgehead atoms. The lowest BCUT2D eigenvalue weighted by Gasteiger charge is -2.08. The van der Waals surface area contributed by atoms with Crippen LogP contribution >= 0.6 is 11.3 Å². The first kappa shape index (κ1) is 18.0. The van der Waals surface area contributed by atoms with Crippen LogP contribution in [0.1, 0.15) is 39.9 Å². The Bertz CT molecular complexity index is 708. The van der Waals surface area contributed by atoms with Gasteiger partial charge in [0.15, 0.2) is 0 Å². The fourth-order valence-electron chi connectivity index (χ4n) is 2.21. The molecule has 0 aliphatic rings. The maximum Gasteiger partial charge on any atom is 0.323 e. The third kappa shape index (κ3) is 4.83. The Labute approximate surface area is 146 Å². The van der Waals surface area contributed by atoms with Gasteiger partial charge in [0.1, 0.15) is 4.88 Å². The highest BCUT2D eigenvalue weighted by Crippen LogP contribution is 2.28. The van der Waals surface area contributed by atoms with Crippen molar-refractivity contribution >= 4 is 34.6 Å². The van der Waals surface area contributed by atoms with Crippen LogP contribution in [0.2, 0.25) is 0 Å². The number of urea groups is 1. The number of amides is 3. The molecule has 0 aliphatic carbocycles. The van der Waals surface area contributed by atoms with Crippen molar-refractivity contribution < 1.29 is 9.59 Å². The largest absolute Gasteiger partial charge is 0.354 e. The van der Waals surface area contributed by atoms with Crippen LogP contribution in [0.4, 0.5) is 16.2 Å². The molecule has 3 N–H and O–H groups in total. The molecule has 2 aromatic rings. The van der Waals surface area contributed by atoms with E-state index in [1.165, 1.54) is 11.3 Å². The number of hydrogen-bond acceptors (Lipinski definition) is 3. The summed E-state index contributed by atoms with van der Waals surface area (Å²) in [6.45, 7) is 4.12. The van der Waals surface area contributed by atoms with Gasteiger partial charge in [0.05, 0.1) is 5.69 Å². The number of carbonyl (C=O) groups excluding carboxylic acids is 2. The smallest absolute Gasteiger partial charge is 0.323 e. The molecule has 5 nitrogen and oxygen atoms in total. The lowest BCUT2D eigenvalue weighted by molar-refractivity contribution is 0.0968. The second-order valence-electron chi connectivity index (χ2n) is 5.58. The van der Waals surface area contributed by atoms with E-state index in [-0.39, 0.29) is 11.9 Å². The van der Waals surface area contributed by atoms with Gasteiger partial charge in [0.25, 0.3) is 5.91 Å². The average Bonchev–Trinajstić information content (AvgIpc) is 2.97. The molecule has 1 heterocycles. The molecule has 1 aromatic carbocycles. The molecular formula is C18H23N3O2S. The summed E-state index contributed by atoms with van der Waals surface area (Å²) in [6.07, 6.45) is 3.05. The van der Waals surface area contributed by atoms with Gasteiger partial charge in [0.2, 0.25) is 0 Å². The lowest BCUT2D eigenvalue weighted by Crippen LogP contribution is -2.22. The van der Waals surface area contributed by atoms with Gasteiger partial charge in [-0.1, -0.05) is 31.0 Å². The van der Waals surface area contributed by atoms with E-state index >= 15 is 0 Å². The third-order valence-electron chi connectivity index (χ3n) is 3.55. The minimum absolute atomic E-state index is 0.187. The number of thiophene rings is 1. The van der Waals surface area contributed by atoms with Crippen molar-refractivity contribution in [2.75, 3.05) is 17.7 Å². The first-order valence-electron chi connectivity index (χ1n) is 8.03. The summed E-state index contributed by atoms with van der Waals surface area (Å²) in [7, 11) is 1.59. The molecular weight excluding hydrogens is 322 g/mol. The second kappa shape index (κ2) is 8.49. The summed E-state index contributed by atoms with van der Waals surface area (Å²) in [5, 5.41) is 8.18. The Hall–Kier alpha value is -2.34. The lowest BCUT2D eigenvalue weighted by atomic mass is 10.2. The molecule has 0 atom stereocenters. The van der Waals surface area contributed by atoms with Crippen LogP contribution < -0.4 is 16.0 Å². The number of unbranched alkanes of at least 4 members (excludes halogenated alkanes) is 1. The summed E-state index contributed by atoms with van der Waals surface area (Å²) in [6, 6.07) is 9.07. The van der Waals surface area contributed by atoms with E-state index in [0.717, 1.165) is 29.7 Å². The predicted molar refractivity (Wildman–Crippen MR) is 100 cm³/mol. The maximum atomic E-state index is 12.2. The highest BCUT2D eigenvalue weighted by Gasteiger charge is 2.17. The number of aryl methyl sites for hydroxylation is 2. The molecule has 0 fully saturated rings. The number of nitrogens with one attached hydrogen (secondary N) is 3. The van der Waals surface area contributed by atoms with Gasteiger partial charge in [-0.2, -0.15) is 0 Å². The van der Waals surface area contributed by atoms with Crippen LogP contribution in [0.5, 0.6) is 0 Å². The molecule has 24 heavy (non-hydrogen) atoms. The van der Waals surface area contributed by atoms with E-state index in [2.05, 4.69) is 22.9 Å².